The molecular formula is C19H20ClN3O. The molecule has 0 saturated carbocycles. The molecule has 5 heteroatoms. The monoisotopic (exact) mass is 341 g/mol. The van der Waals surface area contributed by atoms with E-state index in [1.54, 1.807) is 36.4 Å². The van der Waals surface area contributed by atoms with E-state index >= 15 is 0 Å². The lowest BCUT2D eigenvalue weighted by Gasteiger charge is -2.37. The van der Waals surface area contributed by atoms with Gasteiger partial charge in [0.15, 0.2) is 0 Å². The maximum atomic E-state index is 12.9. The summed E-state index contributed by atoms with van der Waals surface area (Å²) in [5.74, 6) is -0.183. The van der Waals surface area contributed by atoms with E-state index in [-0.39, 0.29) is 5.91 Å². The molecule has 1 N–H and O–H groups in total. The Morgan fingerprint density at radius 3 is 2.21 bits per heavy atom. The highest BCUT2D eigenvalue weighted by atomic mass is 35.5. The number of halogens is 1. The van der Waals surface area contributed by atoms with Crippen LogP contribution in [0.2, 0.25) is 5.02 Å². The van der Waals surface area contributed by atoms with E-state index in [1.165, 1.54) is 5.01 Å². The van der Waals surface area contributed by atoms with E-state index < -0.39 is 11.6 Å². The third-order valence-electron chi connectivity index (χ3n) is 3.49. The second kappa shape index (κ2) is 7.48. The summed E-state index contributed by atoms with van der Waals surface area (Å²) in [4.78, 5) is 12.9. The zero-order valence-electron chi connectivity index (χ0n) is 14.0. The fraction of sp³-hybridized carbons (Fsp3) is 0.263. The Morgan fingerprint density at radius 1 is 1.12 bits per heavy atom. The number of hydrogen-bond donors (Lipinski definition) is 1. The maximum Gasteiger partial charge on any atom is 0.268 e. The lowest BCUT2D eigenvalue weighted by atomic mass is 10.1. The molecule has 0 heterocycles. The molecular weight excluding hydrogens is 322 g/mol. The van der Waals surface area contributed by atoms with Crippen LogP contribution >= 0.6 is 11.6 Å². The van der Waals surface area contributed by atoms with Crippen molar-refractivity contribution in [1.29, 1.82) is 5.26 Å². The fourth-order valence-electron chi connectivity index (χ4n) is 2.23. The van der Waals surface area contributed by atoms with Gasteiger partial charge in [-0.2, -0.15) is 5.26 Å². The number of carbonyl (C=O) groups is 1. The van der Waals surface area contributed by atoms with Gasteiger partial charge in [0, 0.05) is 10.6 Å². The van der Waals surface area contributed by atoms with Gasteiger partial charge in [0.2, 0.25) is 0 Å². The molecule has 0 aliphatic heterocycles. The number of hydrogen-bond acceptors (Lipinski definition) is 3. The normalized spacial score (nSPS) is 12.3. The Bertz CT molecular complexity index is 730. The third-order valence-corrected chi connectivity index (χ3v) is 3.74. The Labute approximate surface area is 147 Å². The van der Waals surface area contributed by atoms with Crippen LogP contribution in [0, 0.1) is 11.3 Å². The summed E-state index contributed by atoms with van der Waals surface area (Å²) in [6.07, 6.45) is 0. The van der Waals surface area contributed by atoms with Crippen LogP contribution < -0.4 is 5.43 Å². The molecule has 0 bridgehead atoms. The van der Waals surface area contributed by atoms with Crippen molar-refractivity contribution in [3.05, 3.63) is 70.7 Å². The Balaban J connectivity index is 2.30. The van der Waals surface area contributed by atoms with Crippen LogP contribution in [0.3, 0.4) is 0 Å². The number of carbonyl (C=O) groups excluding carboxylic acids is 1. The molecule has 1 unspecified atom stereocenters. The number of rotatable bonds is 4. The Hall–Kier alpha value is -2.35. The summed E-state index contributed by atoms with van der Waals surface area (Å²) in [6.45, 7) is 5.74. The molecule has 0 aliphatic carbocycles. The van der Waals surface area contributed by atoms with Gasteiger partial charge in [0.1, 0.15) is 6.04 Å². The molecule has 0 aliphatic rings. The summed E-state index contributed by atoms with van der Waals surface area (Å²) in [5.41, 5.74) is 3.86. The number of benzene rings is 2. The average Bonchev–Trinajstić information content (AvgIpc) is 2.56. The zero-order chi connectivity index (χ0) is 17.7. The molecule has 2 aromatic rings. The van der Waals surface area contributed by atoms with Crippen LogP contribution in [0.4, 0.5) is 0 Å². The second-order valence-electron chi connectivity index (χ2n) is 6.42. The van der Waals surface area contributed by atoms with Crippen molar-refractivity contribution >= 4 is 17.5 Å². The third kappa shape index (κ3) is 4.35. The molecule has 4 nitrogen and oxygen atoms in total. The summed E-state index contributed by atoms with van der Waals surface area (Å²) >= 11 is 5.90. The molecule has 2 rings (SSSR count). The number of hydrazine groups is 1. The quantitative estimate of drug-likeness (QED) is 0.841. The van der Waals surface area contributed by atoms with E-state index in [9.17, 15) is 10.1 Å². The number of nitrogens with zero attached hydrogens (tertiary/aromatic N) is 2. The predicted molar refractivity (Wildman–Crippen MR) is 95.3 cm³/mol. The van der Waals surface area contributed by atoms with Crippen molar-refractivity contribution in [3.8, 4) is 6.07 Å². The summed E-state index contributed by atoms with van der Waals surface area (Å²) in [5, 5.41) is 11.6. The first-order valence-electron chi connectivity index (χ1n) is 7.64. The van der Waals surface area contributed by atoms with Crippen molar-refractivity contribution in [2.24, 2.45) is 0 Å². The van der Waals surface area contributed by atoms with Crippen LogP contribution in [-0.4, -0.2) is 16.5 Å². The highest BCUT2D eigenvalue weighted by molar-refractivity contribution is 6.30. The van der Waals surface area contributed by atoms with Crippen molar-refractivity contribution in [2.75, 3.05) is 0 Å². The molecule has 1 amide bonds. The molecule has 0 aromatic heterocycles. The molecule has 0 saturated heterocycles. The standard InChI is InChI=1S/C19H20ClN3O/c1-19(2,3)23(18(24)15-7-5-4-6-8-15)22-17(13-21)14-9-11-16(20)12-10-14/h4-12,17,22H,1-3H3. The van der Waals surface area contributed by atoms with Gasteiger partial charge >= 0.3 is 0 Å². The van der Waals surface area contributed by atoms with Crippen LogP contribution in [0.25, 0.3) is 0 Å². The van der Waals surface area contributed by atoms with Crippen molar-refractivity contribution in [3.63, 3.8) is 0 Å². The zero-order valence-corrected chi connectivity index (χ0v) is 14.7. The van der Waals surface area contributed by atoms with E-state index in [2.05, 4.69) is 11.5 Å². The highest BCUT2D eigenvalue weighted by Gasteiger charge is 2.30. The molecule has 1 atom stereocenters. The van der Waals surface area contributed by atoms with E-state index in [4.69, 9.17) is 11.6 Å². The van der Waals surface area contributed by atoms with Gasteiger partial charge in [0.05, 0.1) is 11.6 Å². The van der Waals surface area contributed by atoms with Gasteiger partial charge in [-0.1, -0.05) is 41.9 Å². The first-order chi connectivity index (χ1) is 11.3. The Kier molecular flexibility index (Phi) is 5.61. The highest BCUT2D eigenvalue weighted by Crippen LogP contribution is 2.21. The lowest BCUT2D eigenvalue weighted by molar-refractivity contribution is 0.0365. The molecule has 0 fully saturated rings. The summed E-state index contributed by atoms with van der Waals surface area (Å²) in [6, 6.07) is 17.5. The van der Waals surface area contributed by atoms with Gasteiger partial charge in [0.25, 0.3) is 5.91 Å². The fourth-order valence-corrected chi connectivity index (χ4v) is 2.35. The second-order valence-corrected chi connectivity index (χ2v) is 6.86. The molecule has 2 aromatic carbocycles. The van der Waals surface area contributed by atoms with Crippen LogP contribution in [0.1, 0.15) is 42.7 Å². The van der Waals surface area contributed by atoms with Gasteiger partial charge < -0.3 is 0 Å². The minimum atomic E-state index is -0.658. The molecule has 124 valence electrons. The van der Waals surface area contributed by atoms with Gasteiger partial charge in [-0.25, -0.2) is 5.43 Å². The first-order valence-corrected chi connectivity index (χ1v) is 8.01. The SMILES string of the molecule is CC(C)(C)N(NC(C#N)c1ccc(Cl)cc1)C(=O)c1ccccc1. The predicted octanol–water partition coefficient (Wildman–Crippen LogP) is 4.35. The number of nitrogens with one attached hydrogen (secondary N) is 1. The van der Waals surface area contributed by atoms with Crippen molar-refractivity contribution < 1.29 is 4.79 Å². The molecule has 24 heavy (non-hydrogen) atoms. The van der Waals surface area contributed by atoms with Gasteiger partial charge in [-0.3, -0.25) is 9.80 Å². The number of amides is 1. The Morgan fingerprint density at radius 2 is 1.71 bits per heavy atom. The van der Waals surface area contributed by atoms with Gasteiger partial charge in [-0.15, -0.1) is 0 Å². The van der Waals surface area contributed by atoms with Crippen LogP contribution in [0.5, 0.6) is 0 Å². The molecule has 0 spiro atoms. The number of nitriles is 1. The largest absolute Gasteiger partial charge is 0.268 e. The lowest BCUT2D eigenvalue weighted by Crippen LogP contribution is -2.54. The summed E-state index contributed by atoms with van der Waals surface area (Å²) in [7, 11) is 0. The maximum absolute atomic E-state index is 12.9. The van der Waals surface area contributed by atoms with Crippen LogP contribution in [0.15, 0.2) is 54.6 Å². The average molecular weight is 342 g/mol. The molecule has 0 radical (unpaired) electrons. The van der Waals surface area contributed by atoms with E-state index in [0.29, 0.717) is 10.6 Å². The van der Waals surface area contributed by atoms with E-state index in [1.807, 2.05) is 39.0 Å². The summed E-state index contributed by atoms with van der Waals surface area (Å²) < 4.78 is 0. The smallest absolute Gasteiger partial charge is 0.268 e. The van der Waals surface area contributed by atoms with E-state index in [0.717, 1.165) is 5.56 Å². The minimum absolute atomic E-state index is 0.183. The first kappa shape index (κ1) is 18.0. The van der Waals surface area contributed by atoms with Crippen molar-refractivity contribution in [1.82, 2.24) is 10.4 Å². The van der Waals surface area contributed by atoms with Crippen LogP contribution in [-0.2, 0) is 0 Å². The van der Waals surface area contributed by atoms with Crippen molar-refractivity contribution in [2.45, 2.75) is 32.4 Å². The topological polar surface area (TPSA) is 56.1 Å². The van der Waals surface area contributed by atoms with Gasteiger partial charge in [-0.05, 0) is 50.6 Å². The minimum Gasteiger partial charge on any atom is -0.268 e.